The van der Waals surface area contributed by atoms with Crippen LogP contribution in [0.1, 0.15) is 89.0 Å². The molecule has 0 bridgehead atoms. The molecule has 35 rings (SSSR count). The van der Waals surface area contributed by atoms with Crippen LogP contribution < -0.4 is 0 Å². The first-order chi connectivity index (χ1) is 73.0. The molecule has 0 N–H and O–H groups in total. The number of fused-ring (bicyclic) bond motifs is 53. The number of benzene rings is 23. The average Bonchev–Trinajstić information content (AvgIpc) is 1.52. The van der Waals surface area contributed by atoms with E-state index in [1.807, 2.05) is 11.3 Å². The lowest BCUT2D eigenvalue weighted by atomic mass is 9.70. The lowest BCUT2D eigenvalue weighted by Crippen LogP contribution is -2.25. The Kier molecular flexibility index (Phi) is 15.2. The molecule has 27 aromatic rings. The number of hydrogen-bond donors (Lipinski definition) is 0. The van der Waals surface area contributed by atoms with Gasteiger partial charge in [0.15, 0.2) is 0 Å². The number of thiophene rings is 1. The van der Waals surface area contributed by atoms with Crippen molar-refractivity contribution in [3.63, 3.8) is 0 Å². The Morgan fingerprint density at radius 2 is 0.381 bits per heavy atom. The van der Waals surface area contributed by atoms with Crippen LogP contribution in [0.5, 0.6) is 0 Å². The van der Waals surface area contributed by atoms with Gasteiger partial charge in [0.2, 0.25) is 0 Å². The van der Waals surface area contributed by atoms with Crippen LogP contribution in [0.25, 0.3) is 231 Å². The fourth-order valence-corrected chi connectivity index (χ4v) is 31.5. The molecule has 4 nitrogen and oxygen atoms in total. The molecule has 0 saturated heterocycles. The van der Waals surface area contributed by atoms with E-state index in [9.17, 15) is 0 Å². The molecule has 8 aliphatic carbocycles. The highest BCUT2D eigenvalue weighted by Crippen LogP contribution is 2.71. The van der Waals surface area contributed by atoms with Crippen LogP contribution in [0.3, 0.4) is 0 Å². The van der Waals surface area contributed by atoms with E-state index in [0.717, 1.165) is 120 Å². The van der Waals surface area contributed by atoms with Gasteiger partial charge in [-0.25, -0.2) is 9.97 Å². The summed E-state index contributed by atoms with van der Waals surface area (Å²) in [6.07, 6.45) is 0. The van der Waals surface area contributed by atoms with E-state index in [2.05, 4.69) is 494 Å². The summed E-state index contributed by atoms with van der Waals surface area (Å²) in [5, 5.41) is 9.00. The monoisotopic (exact) mass is 1870 g/mol. The molecular weight excluding hydrogens is 1790 g/mol. The van der Waals surface area contributed by atoms with Gasteiger partial charge in [0.05, 0.1) is 75.9 Å². The fourth-order valence-electron chi connectivity index (χ4n) is 30.3. The molecule has 23 aromatic carbocycles. The van der Waals surface area contributed by atoms with Crippen LogP contribution in [0, 0.1) is 0 Å². The quantitative estimate of drug-likeness (QED) is 0.156. The van der Waals surface area contributed by atoms with Gasteiger partial charge in [-0.15, -0.1) is 11.3 Å². The van der Waals surface area contributed by atoms with Crippen molar-refractivity contribution in [2.45, 2.75) is 21.7 Å². The van der Waals surface area contributed by atoms with E-state index in [4.69, 9.17) is 9.97 Å². The molecule has 147 heavy (non-hydrogen) atoms. The summed E-state index contributed by atoms with van der Waals surface area (Å²) in [6.45, 7) is 0. The predicted molar refractivity (Wildman–Crippen MR) is 606 cm³/mol. The summed E-state index contributed by atoms with van der Waals surface area (Å²) in [5.74, 6) is 0. The van der Waals surface area contributed by atoms with Crippen molar-refractivity contribution in [2.75, 3.05) is 0 Å². The van der Waals surface area contributed by atoms with Gasteiger partial charge in [0.25, 0.3) is 0 Å². The van der Waals surface area contributed by atoms with E-state index in [1.165, 1.54) is 200 Å². The molecule has 4 heterocycles. The average molecular weight is 1870 g/mol. The molecule has 8 aliphatic rings. The summed E-state index contributed by atoms with van der Waals surface area (Å²) in [7, 11) is 0. The Hall–Kier alpha value is -18.5. The van der Waals surface area contributed by atoms with Crippen LogP contribution in [-0.2, 0) is 21.7 Å². The topological polar surface area (TPSA) is 35.6 Å². The summed E-state index contributed by atoms with van der Waals surface area (Å²) in [4.78, 5) is 15.2. The zero-order chi connectivity index (χ0) is 95.3. The third-order valence-electron chi connectivity index (χ3n) is 35.4. The minimum absolute atomic E-state index is 0.522. The molecule has 4 aromatic heterocycles. The third-order valence-corrected chi connectivity index (χ3v) is 36.6. The third kappa shape index (κ3) is 9.43. The standard InChI is InChI=1S/C142H80N4S/c1-15-53-105-85(35-1)86-36-2-16-54-106(86)139(105)113-61-23-9-43-95(113)127-101(51-29-65-117(127)139)137-135-136(138(147-137)102-52-30-66-118-128(102)96-44-10-24-62-114(96)140(118)107-55-17-3-37-87(107)88-38-4-18-56-108(88)140)144-134-94-78-76-82(84-50-32-72-124-130(84)100-48-14-28-70-122(100)146(124)126-74-34-68-120-132(126)98-46-12-26-64-116(98)142(120)111-59-21-7-41-91(111)92-42-8-22-60-112(92)142)80-104(94)103-79-81(75-77-93(103)133(134)143-135)83-49-31-71-123-129(83)99-47-13-27-69-121(99)145(123)125-73-33-67-119-131(125)97-45-11-25-63-115(97)141(119)109-57-19-5-39-89(109)90-40-6-20-58-110(90)141/h1-80H. The van der Waals surface area contributed by atoms with Gasteiger partial charge in [0.1, 0.15) is 11.0 Å². The molecule has 0 unspecified atom stereocenters. The van der Waals surface area contributed by atoms with Gasteiger partial charge >= 0.3 is 0 Å². The van der Waals surface area contributed by atoms with Crippen molar-refractivity contribution in [1.82, 2.24) is 19.1 Å². The maximum Gasteiger partial charge on any atom is 0.109 e. The Morgan fingerprint density at radius 1 is 0.156 bits per heavy atom. The number of para-hydroxylation sites is 2. The van der Waals surface area contributed by atoms with Crippen molar-refractivity contribution >= 4 is 98.6 Å². The van der Waals surface area contributed by atoms with Crippen LogP contribution in [-0.4, -0.2) is 19.1 Å². The van der Waals surface area contributed by atoms with Crippen molar-refractivity contribution < 1.29 is 0 Å². The number of nitrogens with zero attached hydrogens (tertiary/aromatic N) is 4. The molecule has 0 atom stereocenters. The zero-order valence-corrected chi connectivity index (χ0v) is 80.2. The second kappa shape index (κ2) is 28.3. The minimum Gasteiger partial charge on any atom is -0.309 e. The highest BCUT2D eigenvalue weighted by molar-refractivity contribution is 7.21. The molecule has 5 heteroatoms. The zero-order valence-electron chi connectivity index (χ0n) is 79.4. The number of aromatic nitrogens is 4. The maximum absolute atomic E-state index is 6.53. The largest absolute Gasteiger partial charge is 0.309 e. The van der Waals surface area contributed by atoms with E-state index >= 15 is 0 Å². The van der Waals surface area contributed by atoms with Crippen molar-refractivity contribution in [2.24, 2.45) is 0 Å². The van der Waals surface area contributed by atoms with E-state index in [-0.39, 0.29) is 0 Å². The van der Waals surface area contributed by atoms with Gasteiger partial charge < -0.3 is 9.13 Å². The first-order valence-electron chi connectivity index (χ1n) is 51.4. The van der Waals surface area contributed by atoms with Gasteiger partial charge in [-0.2, -0.15) is 0 Å². The molecular formula is C142H80N4S. The van der Waals surface area contributed by atoms with E-state index in [1.54, 1.807) is 0 Å². The van der Waals surface area contributed by atoms with Gasteiger partial charge in [-0.05, 0) is 248 Å². The van der Waals surface area contributed by atoms with Crippen LogP contribution in [0.2, 0.25) is 0 Å². The molecule has 0 aliphatic heterocycles. The fraction of sp³-hybridized carbons (Fsp3) is 0.0282. The van der Waals surface area contributed by atoms with Crippen molar-refractivity contribution in [1.29, 1.82) is 0 Å². The van der Waals surface area contributed by atoms with Gasteiger partial charge in [-0.1, -0.05) is 437 Å². The first-order valence-corrected chi connectivity index (χ1v) is 52.2. The molecule has 0 amide bonds. The predicted octanol–water partition coefficient (Wildman–Crippen LogP) is 35.4. The Balaban J connectivity index is 0.635. The Labute approximate surface area is 850 Å². The molecule has 0 fully saturated rings. The molecule has 4 spiro atoms. The Bertz CT molecular complexity index is 10000. The lowest BCUT2D eigenvalue weighted by molar-refractivity contribution is 0.793. The van der Waals surface area contributed by atoms with E-state index < -0.39 is 21.7 Å². The summed E-state index contributed by atoms with van der Waals surface area (Å²) in [6, 6.07) is 186. The molecule has 0 saturated carbocycles. The summed E-state index contributed by atoms with van der Waals surface area (Å²) < 4.78 is 5.18. The number of rotatable bonds is 6. The molecule has 0 radical (unpaired) electrons. The summed E-state index contributed by atoms with van der Waals surface area (Å²) in [5.41, 5.74) is 56.1. The van der Waals surface area contributed by atoms with E-state index in [0.29, 0.717) is 0 Å². The number of hydrogen-bond acceptors (Lipinski definition) is 3. The Morgan fingerprint density at radius 3 is 0.694 bits per heavy atom. The SMILES string of the molecule is c1ccc2c(c1)-c1ccccc1C21c2ccccc2-c2c(-c3sc(-c4cccc5c4-c4ccccc4C54c5ccccc5-c5ccccc54)c4nc5c6ccc(-c7cccc8c7c7ccccc7n8-c7cccc8c7-c7ccccc7C87c8ccccc8-c8ccccc87)cc6c6cc(-c7cccc8c7c7ccccc7n8-c7cccc8c7-c7ccccc7C87c8ccccc8-c8ccccc87)ccc6c5nc34)cccc21. The van der Waals surface area contributed by atoms with Crippen LogP contribution >= 0.6 is 11.3 Å². The second-order valence-corrected chi connectivity index (χ2v) is 42.4. The summed E-state index contributed by atoms with van der Waals surface area (Å²) >= 11 is 1.87. The highest BCUT2D eigenvalue weighted by atomic mass is 32.1. The second-order valence-electron chi connectivity index (χ2n) is 41.4. The van der Waals surface area contributed by atoms with Gasteiger partial charge in [0, 0.05) is 54.6 Å². The normalized spacial score (nSPS) is 14.5. The highest BCUT2D eigenvalue weighted by Gasteiger charge is 2.58. The minimum atomic E-state index is -0.591. The van der Waals surface area contributed by atoms with Crippen LogP contribution in [0.4, 0.5) is 0 Å². The van der Waals surface area contributed by atoms with Crippen molar-refractivity contribution in [3.8, 4) is 144 Å². The molecule has 674 valence electrons. The van der Waals surface area contributed by atoms with Crippen LogP contribution in [0.15, 0.2) is 485 Å². The van der Waals surface area contributed by atoms with Gasteiger partial charge in [-0.3, -0.25) is 0 Å². The maximum atomic E-state index is 6.53. The smallest absolute Gasteiger partial charge is 0.109 e. The van der Waals surface area contributed by atoms with Crippen molar-refractivity contribution in [3.05, 3.63) is 574 Å². The lowest BCUT2D eigenvalue weighted by Gasteiger charge is -2.30. The first kappa shape index (κ1) is 79.1.